The van der Waals surface area contributed by atoms with Crippen LogP contribution in [0.25, 0.3) is 11.0 Å². The molecule has 1 N–H and O–H groups in total. The van der Waals surface area contributed by atoms with Crippen molar-refractivity contribution in [3.63, 3.8) is 0 Å². The molecule has 0 amide bonds. The van der Waals surface area contributed by atoms with E-state index in [4.69, 9.17) is 0 Å². The number of hydrogen-bond acceptors (Lipinski definition) is 2. The molecular formula is C8H8BrN3O2. The van der Waals surface area contributed by atoms with Gasteiger partial charge < -0.3 is 4.98 Å². The van der Waals surface area contributed by atoms with Crippen molar-refractivity contribution in [3.8, 4) is 0 Å². The number of H-pyrrole nitrogens is 1. The van der Waals surface area contributed by atoms with Crippen LogP contribution in [0.4, 0.5) is 0 Å². The Morgan fingerprint density at radius 1 is 1.29 bits per heavy atom. The Morgan fingerprint density at radius 2 is 1.93 bits per heavy atom. The standard InChI is InChI=1S/C8H8BrN3O2/c1-11-6-4(3-5(9)10-6)7(13)12(2)8(11)14/h3,10H,1-2H3. The number of aryl methyl sites for hydroxylation is 1. The first-order chi connectivity index (χ1) is 6.52. The molecule has 2 aromatic rings. The van der Waals surface area contributed by atoms with E-state index in [0.717, 1.165) is 4.57 Å². The lowest BCUT2D eigenvalue weighted by molar-refractivity contribution is 0.710. The van der Waals surface area contributed by atoms with Crippen molar-refractivity contribution >= 4 is 27.0 Å². The molecule has 0 aliphatic heterocycles. The van der Waals surface area contributed by atoms with E-state index in [1.807, 2.05) is 0 Å². The van der Waals surface area contributed by atoms with Crippen molar-refractivity contribution in [2.24, 2.45) is 14.1 Å². The van der Waals surface area contributed by atoms with E-state index in [9.17, 15) is 9.59 Å². The number of nitrogens with one attached hydrogen (secondary N) is 1. The molecule has 0 aliphatic rings. The van der Waals surface area contributed by atoms with Gasteiger partial charge in [-0.2, -0.15) is 0 Å². The van der Waals surface area contributed by atoms with Crippen LogP contribution in [-0.2, 0) is 14.1 Å². The SMILES string of the molecule is Cn1c(=O)c2cc(Br)[nH]c2n(C)c1=O. The van der Waals surface area contributed by atoms with Gasteiger partial charge in [-0.25, -0.2) is 4.79 Å². The van der Waals surface area contributed by atoms with Gasteiger partial charge in [0.1, 0.15) is 5.65 Å². The highest BCUT2D eigenvalue weighted by atomic mass is 79.9. The van der Waals surface area contributed by atoms with Crippen molar-refractivity contribution in [1.29, 1.82) is 0 Å². The minimum Gasteiger partial charge on any atom is -0.335 e. The maximum atomic E-state index is 11.6. The zero-order valence-corrected chi connectivity index (χ0v) is 9.25. The molecule has 0 radical (unpaired) electrons. The number of hydrogen-bond donors (Lipinski definition) is 1. The van der Waals surface area contributed by atoms with Gasteiger partial charge in [0.25, 0.3) is 5.56 Å². The minimum atomic E-state index is -0.336. The maximum Gasteiger partial charge on any atom is 0.332 e. The van der Waals surface area contributed by atoms with Crippen molar-refractivity contribution in [2.75, 3.05) is 0 Å². The quantitative estimate of drug-likeness (QED) is 0.740. The van der Waals surface area contributed by atoms with Gasteiger partial charge in [-0.05, 0) is 22.0 Å². The number of halogens is 1. The minimum absolute atomic E-state index is 0.287. The number of rotatable bonds is 0. The predicted octanol–water partition coefficient (Wildman–Crippen LogP) is 0.328. The lowest BCUT2D eigenvalue weighted by Crippen LogP contribution is -2.36. The summed E-state index contributed by atoms with van der Waals surface area (Å²) in [7, 11) is 3.08. The molecule has 0 bridgehead atoms. The van der Waals surface area contributed by atoms with Crippen molar-refractivity contribution in [3.05, 3.63) is 31.5 Å². The van der Waals surface area contributed by atoms with Crippen LogP contribution >= 0.6 is 15.9 Å². The normalized spacial score (nSPS) is 11.1. The molecule has 0 saturated heterocycles. The Balaban J connectivity index is 3.17. The molecule has 0 unspecified atom stereocenters. The van der Waals surface area contributed by atoms with Crippen LogP contribution in [0.1, 0.15) is 0 Å². The molecular weight excluding hydrogens is 250 g/mol. The molecule has 2 rings (SSSR count). The molecule has 6 heteroatoms. The van der Waals surface area contributed by atoms with Crippen molar-refractivity contribution < 1.29 is 0 Å². The highest BCUT2D eigenvalue weighted by Crippen LogP contribution is 2.13. The second kappa shape index (κ2) is 2.84. The zero-order valence-electron chi connectivity index (χ0n) is 7.67. The number of nitrogens with zero attached hydrogens (tertiary/aromatic N) is 2. The summed E-state index contributed by atoms with van der Waals surface area (Å²) in [6.07, 6.45) is 0. The Kier molecular flexibility index (Phi) is 1.88. The van der Waals surface area contributed by atoms with Crippen LogP contribution in [-0.4, -0.2) is 14.1 Å². The van der Waals surface area contributed by atoms with Crippen LogP contribution in [0, 0.1) is 0 Å². The van der Waals surface area contributed by atoms with Crippen LogP contribution < -0.4 is 11.2 Å². The van der Waals surface area contributed by atoms with Gasteiger partial charge in [0.15, 0.2) is 0 Å². The van der Waals surface area contributed by atoms with E-state index >= 15 is 0 Å². The van der Waals surface area contributed by atoms with E-state index in [1.54, 1.807) is 13.1 Å². The van der Waals surface area contributed by atoms with Crippen molar-refractivity contribution in [2.45, 2.75) is 0 Å². The lowest BCUT2D eigenvalue weighted by atomic mass is 10.4. The molecule has 2 heterocycles. The monoisotopic (exact) mass is 257 g/mol. The highest BCUT2D eigenvalue weighted by molar-refractivity contribution is 9.10. The van der Waals surface area contributed by atoms with E-state index in [-0.39, 0.29) is 11.2 Å². The smallest absolute Gasteiger partial charge is 0.332 e. The van der Waals surface area contributed by atoms with E-state index < -0.39 is 0 Å². The van der Waals surface area contributed by atoms with Crippen LogP contribution in [0.3, 0.4) is 0 Å². The number of aromatic nitrogens is 3. The van der Waals surface area contributed by atoms with Gasteiger partial charge >= 0.3 is 5.69 Å². The zero-order chi connectivity index (χ0) is 10.5. The second-order valence-corrected chi connectivity index (χ2v) is 3.94. The summed E-state index contributed by atoms with van der Waals surface area (Å²) in [5, 5.41) is 0.501. The van der Waals surface area contributed by atoms with Gasteiger partial charge in [0.05, 0.1) is 9.99 Å². The average Bonchev–Trinajstić information content (AvgIpc) is 2.54. The third-order valence-corrected chi connectivity index (χ3v) is 2.64. The van der Waals surface area contributed by atoms with Crippen LogP contribution in [0.2, 0.25) is 0 Å². The Bertz CT molecular complexity index is 620. The Labute approximate surface area is 87.1 Å². The van der Waals surface area contributed by atoms with Crippen LogP contribution in [0.5, 0.6) is 0 Å². The molecule has 74 valence electrons. The van der Waals surface area contributed by atoms with E-state index in [2.05, 4.69) is 20.9 Å². The third kappa shape index (κ3) is 1.07. The highest BCUT2D eigenvalue weighted by Gasteiger charge is 2.09. The number of fused-ring (bicyclic) bond motifs is 1. The summed E-state index contributed by atoms with van der Waals surface area (Å²) in [6, 6.07) is 1.66. The molecule has 14 heavy (non-hydrogen) atoms. The summed E-state index contributed by atoms with van der Waals surface area (Å²) >= 11 is 3.22. The average molecular weight is 258 g/mol. The van der Waals surface area contributed by atoms with Crippen LogP contribution in [0.15, 0.2) is 20.3 Å². The van der Waals surface area contributed by atoms with Gasteiger partial charge in [0, 0.05) is 14.1 Å². The molecule has 0 aliphatic carbocycles. The summed E-state index contributed by atoms with van der Waals surface area (Å²) in [5.41, 5.74) is -0.0909. The summed E-state index contributed by atoms with van der Waals surface area (Å²) in [6.45, 7) is 0. The third-order valence-electron chi connectivity index (χ3n) is 2.21. The Morgan fingerprint density at radius 3 is 2.57 bits per heavy atom. The van der Waals surface area contributed by atoms with Gasteiger partial charge in [-0.3, -0.25) is 13.9 Å². The van der Waals surface area contributed by atoms with E-state index in [0.29, 0.717) is 15.6 Å². The van der Waals surface area contributed by atoms with Crippen molar-refractivity contribution in [1.82, 2.24) is 14.1 Å². The first-order valence-corrected chi connectivity index (χ1v) is 4.76. The number of aromatic amines is 1. The van der Waals surface area contributed by atoms with Gasteiger partial charge in [-0.1, -0.05) is 0 Å². The molecule has 5 nitrogen and oxygen atoms in total. The first-order valence-electron chi connectivity index (χ1n) is 3.96. The molecule has 0 spiro atoms. The molecule has 0 atom stereocenters. The second-order valence-electron chi connectivity index (χ2n) is 3.09. The summed E-state index contributed by atoms with van der Waals surface area (Å²) < 4.78 is 3.18. The molecule has 2 aromatic heterocycles. The topological polar surface area (TPSA) is 59.8 Å². The fourth-order valence-electron chi connectivity index (χ4n) is 1.43. The van der Waals surface area contributed by atoms with E-state index in [1.165, 1.54) is 11.6 Å². The fraction of sp³-hybridized carbons (Fsp3) is 0.250. The summed E-state index contributed by atoms with van der Waals surface area (Å²) in [4.78, 5) is 26.0. The van der Waals surface area contributed by atoms with Gasteiger partial charge in [-0.15, -0.1) is 0 Å². The first kappa shape index (κ1) is 9.26. The predicted molar refractivity (Wildman–Crippen MR) is 56.5 cm³/mol. The lowest BCUT2D eigenvalue weighted by Gasteiger charge is -2.02. The Hall–Kier alpha value is -1.30. The maximum absolute atomic E-state index is 11.6. The largest absolute Gasteiger partial charge is 0.335 e. The van der Waals surface area contributed by atoms with Gasteiger partial charge in [0.2, 0.25) is 0 Å². The fourth-order valence-corrected chi connectivity index (χ4v) is 1.84. The molecule has 0 saturated carbocycles. The molecule has 0 fully saturated rings. The molecule has 0 aromatic carbocycles. The summed E-state index contributed by atoms with van der Waals surface area (Å²) in [5.74, 6) is 0.